The van der Waals surface area contributed by atoms with Gasteiger partial charge in [0.25, 0.3) is 0 Å². The van der Waals surface area contributed by atoms with Gasteiger partial charge < -0.3 is 14.3 Å². The number of carbonyl (C=O) groups is 2. The number of amides is 2. The number of halogens is 1. The second kappa shape index (κ2) is 11.6. The molecule has 1 aliphatic carbocycles. The SMILES string of the molecule is O=C(C1CC1c1ccccc1)N(CC(=O)N1CCCCC1c1nc(-c2ccc(Cl)cc2)no1)Cc1ccccc1. The largest absolute Gasteiger partial charge is 0.337 e. The molecule has 3 aromatic carbocycles. The molecular formula is C32H31ClN4O3. The molecule has 7 nitrogen and oxygen atoms in total. The molecule has 2 fully saturated rings. The highest BCUT2D eigenvalue weighted by atomic mass is 35.5. The predicted molar refractivity (Wildman–Crippen MR) is 152 cm³/mol. The Morgan fingerprint density at radius 1 is 0.950 bits per heavy atom. The molecule has 4 aromatic rings. The number of nitrogens with zero attached hydrogens (tertiary/aromatic N) is 4. The first-order valence-corrected chi connectivity index (χ1v) is 14.2. The Morgan fingerprint density at radius 2 is 1.68 bits per heavy atom. The second-order valence-corrected chi connectivity index (χ2v) is 11.0. The van der Waals surface area contributed by atoms with Gasteiger partial charge in [0.05, 0.1) is 0 Å². The lowest BCUT2D eigenvalue weighted by molar-refractivity contribution is -0.144. The smallest absolute Gasteiger partial charge is 0.249 e. The Morgan fingerprint density at radius 3 is 2.42 bits per heavy atom. The number of hydrogen-bond donors (Lipinski definition) is 0. The average Bonchev–Trinajstić information content (AvgIpc) is 3.65. The van der Waals surface area contributed by atoms with E-state index in [1.54, 1.807) is 17.0 Å². The zero-order valence-corrected chi connectivity index (χ0v) is 22.9. The van der Waals surface area contributed by atoms with Gasteiger partial charge >= 0.3 is 0 Å². The van der Waals surface area contributed by atoms with Crippen molar-refractivity contribution in [1.82, 2.24) is 19.9 Å². The van der Waals surface area contributed by atoms with Gasteiger partial charge in [-0.2, -0.15) is 4.98 Å². The minimum absolute atomic E-state index is 0.0143. The molecule has 0 bridgehead atoms. The van der Waals surface area contributed by atoms with Crippen LogP contribution in [0.3, 0.4) is 0 Å². The summed E-state index contributed by atoms with van der Waals surface area (Å²) < 4.78 is 5.66. The van der Waals surface area contributed by atoms with Crippen molar-refractivity contribution in [1.29, 1.82) is 0 Å². The van der Waals surface area contributed by atoms with Crippen molar-refractivity contribution in [3.63, 3.8) is 0 Å². The number of hydrogen-bond acceptors (Lipinski definition) is 5. The Labute approximate surface area is 238 Å². The number of benzene rings is 3. The van der Waals surface area contributed by atoms with Crippen molar-refractivity contribution in [2.45, 2.75) is 44.2 Å². The predicted octanol–water partition coefficient (Wildman–Crippen LogP) is 6.28. The molecule has 1 aliphatic heterocycles. The van der Waals surface area contributed by atoms with Crippen molar-refractivity contribution in [2.75, 3.05) is 13.1 Å². The van der Waals surface area contributed by atoms with E-state index in [0.717, 1.165) is 36.8 Å². The molecule has 0 radical (unpaired) electrons. The molecule has 1 saturated carbocycles. The number of aromatic nitrogens is 2. The van der Waals surface area contributed by atoms with Gasteiger partial charge in [-0.3, -0.25) is 9.59 Å². The Kier molecular flexibility index (Phi) is 7.64. The summed E-state index contributed by atoms with van der Waals surface area (Å²) in [4.78, 5) is 35.8. The van der Waals surface area contributed by atoms with Crippen LogP contribution in [-0.2, 0) is 16.1 Å². The van der Waals surface area contributed by atoms with Crippen LogP contribution in [0.2, 0.25) is 5.02 Å². The van der Waals surface area contributed by atoms with Crippen LogP contribution in [0, 0.1) is 5.92 Å². The van der Waals surface area contributed by atoms with E-state index < -0.39 is 0 Å². The van der Waals surface area contributed by atoms with Gasteiger partial charge in [-0.25, -0.2) is 0 Å². The van der Waals surface area contributed by atoms with Crippen LogP contribution < -0.4 is 0 Å². The molecule has 1 aromatic heterocycles. The van der Waals surface area contributed by atoms with Crippen LogP contribution in [0.25, 0.3) is 11.4 Å². The van der Waals surface area contributed by atoms with Crippen LogP contribution in [0.15, 0.2) is 89.5 Å². The standard InChI is InChI=1S/C32H31ClN4O3/c33-25-16-14-24(15-17-25)30-34-31(40-35-30)28-13-7-8-18-37(28)29(38)21-36(20-22-9-3-1-4-10-22)32(39)27-19-26(27)23-11-5-2-6-12-23/h1-6,9-12,14-17,26-28H,7-8,13,18-21H2. The van der Waals surface area contributed by atoms with Crippen LogP contribution in [0.5, 0.6) is 0 Å². The van der Waals surface area contributed by atoms with Crippen molar-refractivity contribution in [3.8, 4) is 11.4 Å². The van der Waals surface area contributed by atoms with Crippen LogP contribution in [0.4, 0.5) is 0 Å². The summed E-state index contributed by atoms with van der Waals surface area (Å²) in [5.41, 5.74) is 2.97. The van der Waals surface area contributed by atoms with Gasteiger partial charge in [-0.15, -0.1) is 0 Å². The van der Waals surface area contributed by atoms with Crippen LogP contribution in [-0.4, -0.2) is 44.8 Å². The molecule has 40 heavy (non-hydrogen) atoms. The maximum Gasteiger partial charge on any atom is 0.249 e. The summed E-state index contributed by atoms with van der Waals surface area (Å²) >= 11 is 6.02. The van der Waals surface area contributed by atoms with Gasteiger partial charge in [0.2, 0.25) is 23.5 Å². The molecule has 3 unspecified atom stereocenters. The lowest BCUT2D eigenvalue weighted by Crippen LogP contribution is -2.46. The summed E-state index contributed by atoms with van der Waals surface area (Å²) in [7, 11) is 0. The Balaban J connectivity index is 1.20. The quantitative estimate of drug-likeness (QED) is 0.256. The number of carbonyl (C=O) groups excluding carboxylic acids is 2. The third-order valence-electron chi connectivity index (χ3n) is 7.84. The van der Waals surface area contributed by atoms with Gasteiger partial charge in [0.1, 0.15) is 12.6 Å². The maximum absolute atomic E-state index is 13.8. The molecule has 6 rings (SSSR count). The fourth-order valence-corrected chi connectivity index (χ4v) is 5.74. The van der Waals surface area contributed by atoms with E-state index in [4.69, 9.17) is 16.1 Å². The molecule has 204 valence electrons. The molecule has 3 atom stereocenters. The summed E-state index contributed by atoms with van der Waals surface area (Å²) in [6.45, 7) is 0.995. The van der Waals surface area contributed by atoms with E-state index >= 15 is 0 Å². The summed E-state index contributed by atoms with van der Waals surface area (Å²) in [5, 5.41) is 4.80. The molecule has 2 amide bonds. The number of rotatable bonds is 8. The Hall–Kier alpha value is -3.97. The topological polar surface area (TPSA) is 79.5 Å². The lowest BCUT2D eigenvalue weighted by Gasteiger charge is -2.35. The minimum Gasteiger partial charge on any atom is -0.337 e. The van der Waals surface area contributed by atoms with Crippen molar-refractivity contribution < 1.29 is 14.1 Å². The zero-order chi connectivity index (χ0) is 27.5. The highest BCUT2D eigenvalue weighted by Gasteiger charge is 2.46. The van der Waals surface area contributed by atoms with Crippen LogP contribution in [0.1, 0.15) is 54.7 Å². The first-order valence-electron chi connectivity index (χ1n) is 13.8. The van der Waals surface area contributed by atoms with E-state index in [9.17, 15) is 9.59 Å². The monoisotopic (exact) mass is 554 g/mol. The van der Waals surface area contributed by atoms with E-state index in [2.05, 4.69) is 22.3 Å². The molecule has 8 heteroatoms. The third-order valence-corrected chi connectivity index (χ3v) is 8.09. The molecule has 0 N–H and O–H groups in total. The Bertz CT molecular complexity index is 1460. The maximum atomic E-state index is 13.8. The van der Waals surface area contributed by atoms with Gasteiger partial charge in [-0.1, -0.05) is 77.4 Å². The summed E-state index contributed by atoms with van der Waals surface area (Å²) in [6.07, 6.45) is 3.40. The zero-order valence-electron chi connectivity index (χ0n) is 22.2. The first kappa shape index (κ1) is 26.3. The summed E-state index contributed by atoms with van der Waals surface area (Å²) in [6, 6.07) is 26.9. The van der Waals surface area contributed by atoms with Crippen molar-refractivity contribution >= 4 is 23.4 Å². The molecule has 0 spiro atoms. The van der Waals surface area contributed by atoms with E-state index in [1.807, 2.05) is 65.6 Å². The first-order chi connectivity index (χ1) is 19.6. The highest BCUT2D eigenvalue weighted by Crippen LogP contribution is 2.48. The fourth-order valence-electron chi connectivity index (χ4n) is 5.61. The molecular weight excluding hydrogens is 524 g/mol. The van der Waals surface area contributed by atoms with E-state index in [0.29, 0.717) is 29.8 Å². The number of piperidine rings is 1. The molecule has 1 saturated heterocycles. The molecule has 2 aliphatic rings. The third kappa shape index (κ3) is 5.80. The van der Waals surface area contributed by atoms with Gasteiger partial charge in [0, 0.05) is 29.6 Å². The average molecular weight is 555 g/mol. The number of likely N-dealkylation sites (tertiary alicyclic amines) is 1. The van der Waals surface area contributed by atoms with Crippen molar-refractivity contribution in [3.05, 3.63) is 107 Å². The lowest BCUT2D eigenvalue weighted by atomic mass is 10.0. The van der Waals surface area contributed by atoms with Crippen molar-refractivity contribution in [2.24, 2.45) is 5.92 Å². The fraction of sp³-hybridized carbons (Fsp3) is 0.312. The van der Waals surface area contributed by atoms with E-state index in [1.165, 1.54) is 5.56 Å². The van der Waals surface area contributed by atoms with Gasteiger partial charge in [0.15, 0.2) is 0 Å². The molecule has 2 heterocycles. The summed E-state index contributed by atoms with van der Waals surface area (Å²) in [5.74, 6) is 0.916. The minimum atomic E-state index is -0.318. The second-order valence-electron chi connectivity index (χ2n) is 10.6. The van der Waals surface area contributed by atoms with E-state index in [-0.39, 0.29) is 36.2 Å². The van der Waals surface area contributed by atoms with Crippen LogP contribution >= 0.6 is 11.6 Å². The highest BCUT2D eigenvalue weighted by molar-refractivity contribution is 6.30. The van der Waals surface area contributed by atoms with Gasteiger partial charge in [-0.05, 0) is 67.0 Å². The normalized spacial score (nSPS) is 20.2.